The van der Waals surface area contributed by atoms with Gasteiger partial charge in [0.1, 0.15) is 11.5 Å². The van der Waals surface area contributed by atoms with Crippen molar-refractivity contribution in [3.63, 3.8) is 0 Å². The highest BCUT2D eigenvalue weighted by Crippen LogP contribution is 2.17. The third-order valence-electron chi connectivity index (χ3n) is 2.86. The molecule has 0 unspecified atom stereocenters. The van der Waals surface area contributed by atoms with E-state index in [1.165, 1.54) is 0 Å². The van der Waals surface area contributed by atoms with Crippen LogP contribution in [-0.2, 0) is 11.8 Å². The molecule has 0 bridgehead atoms. The van der Waals surface area contributed by atoms with Crippen LogP contribution < -0.4 is 14.8 Å². The third-order valence-corrected chi connectivity index (χ3v) is 2.86. The number of ether oxygens (including phenoxy) is 2. The van der Waals surface area contributed by atoms with E-state index in [9.17, 15) is 4.79 Å². The number of nitrogens with one attached hydrogen (secondary N) is 1. The van der Waals surface area contributed by atoms with E-state index >= 15 is 0 Å². The topological polar surface area (TPSA) is 65.4 Å². The van der Waals surface area contributed by atoms with Crippen molar-refractivity contribution in [1.29, 1.82) is 0 Å². The molecule has 0 spiro atoms. The van der Waals surface area contributed by atoms with Crippen LogP contribution in [0.25, 0.3) is 0 Å². The number of carbonyl (C=O) groups excluding carboxylic acids is 1. The molecule has 1 N–H and O–H groups in total. The number of methoxy groups -OCH3 is 1. The van der Waals surface area contributed by atoms with Gasteiger partial charge in [-0.05, 0) is 30.7 Å². The second-order valence-electron chi connectivity index (χ2n) is 4.58. The minimum Gasteiger partial charge on any atom is -0.497 e. The fourth-order valence-corrected chi connectivity index (χ4v) is 1.80. The molecule has 2 aromatic rings. The lowest BCUT2D eigenvalue weighted by molar-refractivity contribution is -0.116. The van der Waals surface area contributed by atoms with Crippen LogP contribution in [0.1, 0.15) is 12.8 Å². The van der Waals surface area contributed by atoms with Gasteiger partial charge in [0, 0.05) is 19.7 Å². The Balaban J connectivity index is 1.65. The standard InChI is InChI=1S/C15H19N3O3/c1-18-11-12(10-16-18)17-15(19)4-3-9-21-14-7-5-13(20-2)6-8-14/h5-8,10-11H,3-4,9H2,1-2H3,(H,17,19). The van der Waals surface area contributed by atoms with Gasteiger partial charge in [0.15, 0.2) is 0 Å². The molecule has 0 aliphatic rings. The maximum Gasteiger partial charge on any atom is 0.224 e. The van der Waals surface area contributed by atoms with Gasteiger partial charge in [-0.15, -0.1) is 0 Å². The number of hydrogen-bond acceptors (Lipinski definition) is 4. The lowest BCUT2D eigenvalue weighted by Crippen LogP contribution is -2.12. The molecule has 1 heterocycles. The van der Waals surface area contributed by atoms with Crippen LogP contribution in [-0.4, -0.2) is 29.4 Å². The Labute approximate surface area is 123 Å². The summed E-state index contributed by atoms with van der Waals surface area (Å²) in [4.78, 5) is 11.7. The Bertz CT molecular complexity index is 578. The van der Waals surface area contributed by atoms with Crippen LogP contribution in [0.4, 0.5) is 5.69 Å². The summed E-state index contributed by atoms with van der Waals surface area (Å²) in [5, 5.41) is 6.77. The van der Waals surface area contributed by atoms with Crippen molar-refractivity contribution in [2.24, 2.45) is 7.05 Å². The molecule has 6 nitrogen and oxygen atoms in total. The Morgan fingerprint density at radius 3 is 2.62 bits per heavy atom. The number of amides is 1. The van der Waals surface area contributed by atoms with Gasteiger partial charge in [0.25, 0.3) is 0 Å². The van der Waals surface area contributed by atoms with Gasteiger partial charge >= 0.3 is 0 Å². The number of benzene rings is 1. The molecule has 0 fully saturated rings. The molecule has 0 aliphatic heterocycles. The average Bonchev–Trinajstić information content (AvgIpc) is 2.89. The number of hydrogen-bond donors (Lipinski definition) is 1. The van der Waals surface area contributed by atoms with E-state index in [0.717, 1.165) is 11.5 Å². The molecule has 2 rings (SSSR count). The van der Waals surface area contributed by atoms with Crippen LogP contribution in [0, 0.1) is 0 Å². The normalized spacial score (nSPS) is 10.2. The van der Waals surface area contributed by atoms with Gasteiger partial charge in [-0.3, -0.25) is 9.48 Å². The van der Waals surface area contributed by atoms with E-state index in [4.69, 9.17) is 9.47 Å². The molecule has 0 aliphatic carbocycles. The molecule has 1 aromatic heterocycles. The third kappa shape index (κ3) is 4.83. The predicted molar refractivity (Wildman–Crippen MR) is 79.6 cm³/mol. The number of aryl methyl sites for hydroxylation is 1. The largest absolute Gasteiger partial charge is 0.497 e. The van der Waals surface area contributed by atoms with E-state index in [-0.39, 0.29) is 5.91 Å². The Hall–Kier alpha value is -2.50. The summed E-state index contributed by atoms with van der Waals surface area (Å²) in [5.74, 6) is 1.52. The number of nitrogens with zero attached hydrogens (tertiary/aromatic N) is 2. The average molecular weight is 289 g/mol. The molecule has 1 amide bonds. The fraction of sp³-hybridized carbons (Fsp3) is 0.333. The smallest absolute Gasteiger partial charge is 0.224 e. The predicted octanol–water partition coefficient (Wildman–Crippen LogP) is 2.23. The number of carbonyl (C=O) groups is 1. The van der Waals surface area contributed by atoms with E-state index in [1.807, 2.05) is 24.3 Å². The Morgan fingerprint density at radius 1 is 1.29 bits per heavy atom. The molecule has 0 atom stereocenters. The lowest BCUT2D eigenvalue weighted by Gasteiger charge is -2.07. The van der Waals surface area contributed by atoms with Gasteiger partial charge in [-0.2, -0.15) is 5.10 Å². The number of rotatable bonds is 7. The Kier molecular flexibility index (Phi) is 5.20. The molecular formula is C15H19N3O3. The summed E-state index contributed by atoms with van der Waals surface area (Å²) in [6.45, 7) is 0.493. The summed E-state index contributed by atoms with van der Waals surface area (Å²) >= 11 is 0. The maximum absolute atomic E-state index is 11.7. The van der Waals surface area contributed by atoms with E-state index in [1.54, 1.807) is 31.2 Å². The first-order chi connectivity index (χ1) is 10.2. The maximum atomic E-state index is 11.7. The van der Waals surface area contributed by atoms with Crippen molar-refractivity contribution in [1.82, 2.24) is 9.78 Å². The quantitative estimate of drug-likeness (QED) is 0.794. The highest BCUT2D eigenvalue weighted by Gasteiger charge is 2.04. The number of anilines is 1. The van der Waals surface area contributed by atoms with Gasteiger partial charge in [-0.1, -0.05) is 0 Å². The van der Waals surface area contributed by atoms with Crippen molar-refractivity contribution in [3.8, 4) is 11.5 Å². The minimum absolute atomic E-state index is 0.0404. The van der Waals surface area contributed by atoms with Crippen LogP contribution >= 0.6 is 0 Å². The first-order valence-electron chi connectivity index (χ1n) is 6.73. The minimum atomic E-state index is -0.0404. The summed E-state index contributed by atoms with van der Waals surface area (Å²) in [7, 11) is 3.43. The van der Waals surface area contributed by atoms with Gasteiger partial charge < -0.3 is 14.8 Å². The molecule has 21 heavy (non-hydrogen) atoms. The number of aromatic nitrogens is 2. The fourth-order valence-electron chi connectivity index (χ4n) is 1.80. The molecule has 112 valence electrons. The second kappa shape index (κ2) is 7.33. The highest BCUT2D eigenvalue weighted by atomic mass is 16.5. The molecule has 1 aromatic carbocycles. The van der Waals surface area contributed by atoms with Crippen LogP contribution in [0.3, 0.4) is 0 Å². The highest BCUT2D eigenvalue weighted by molar-refractivity contribution is 5.90. The summed E-state index contributed by atoms with van der Waals surface area (Å²) in [6.07, 6.45) is 4.43. The lowest BCUT2D eigenvalue weighted by atomic mass is 10.3. The van der Waals surface area contributed by atoms with Crippen molar-refractivity contribution < 1.29 is 14.3 Å². The van der Waals surface area contributed by atoms with Crippen LogP contribution in [0.5, 0.6) is 11.5 Å². The first kappa shape index (κ1) is 14.9. The van der Waals surface area contributed by atoms with Crippen LogP contribution in [0.15, 0.2) is 36.7 Å². The zero-order valence-electron chi connectivity index (χ0n) is 12.2. The Morgan fingerprint density at radius 2 is 2.00 bits per heavy atom. The second-order valence-corrected chi connectivity index (χ2v) is 4.58. The summed E-state index contributed by atoms with van der Waals surface area (Å²) in [5.41, 5.74) is 0.707. The zero-order chi connectivity index (χ0) is 15.1. The summed E-state index contributed by atoms with van der Waals surface area (Å²) < 4.78 is 12.3. The van der Waals surface area contributed by atoms with Crippen molar-refractivity contribution in [3.05, 3.63) is 36.7 Å². The monoisotopic (exact) mass is 289 g/mol. The SMILES string of the molecule is COc1ccc(OCCCC(=O)Nc2cnn(C)c2)cc1. The zero-order valence-corrected chi connectivity index (χ0v) is 12.2. The van der Waals surface area contributed by atoms with E-state index in [2.05, 4.69) is 10.4 Å². The van der Waals surface area contributed by atoms with E-state index in [0.29, 0.717) is 25.1 Å². The van der Waals surface area contributed by atoms with Crippen molar-refractivity contribution >= 4 is 11.6 Å². The van der Waals surface area contributed by atoms with Gasteiger partial charge in [0.05, 0.1) is 25.6 Å². The molecule has 0 radical (unpaired) electrons. The van der Waals surface area contributed by atoms with Crippen molar-refractivity contribution in [2.75, 3.05) is 19.0 Å². The van der Waals surface area contributed by atoms with Crippen LogP contribution in [0.2, 0.25) is 0 Å². The summed E-state index contributed by atoms with van der Waals surface area (Å²) in [6, 6.07) is 7.36. The molecular weight excluding hydrogens is 270 g/mol. The molecule has 6 heteroatoms. The van der Waals surface area contributed by atoms with E-state index < -0.39 is 0 Å². The first-order valence-corrected chi connectivity index (χ1v) is 6.73. The van der Waals surface area contributed by atoms with Gasteiger partial charge in [-0.25, -0.2) is 0 Å². The van der Waals surface area contributed by atoms with Gasteiger partial charge in [0.2, 0.25) is 5.91 Å². The molecule has 0 saturated heterocycles. The van der Waals surface area contributed by atoms with Crippen molar-refractivity contribution in [2.45, 2.75) is 12.8 Å². The molecule has 0 saturated carbocycles.